The summed E-state index contributed by atoms with van der Waals surface area (Å²) in [5.41, 5.74) is 2.67. The molecule has 5 rings (SSSR count). The quantitative estimate of drug-likeness (QED) is 0.836. The minimum absolute atomic E-state index is 0.179. The maximum absolute atomic E-state index is 14.4. The first-order valence-corrected chi connectivity index (χ1v) is 9.20. The van der Waals surface area contributed by atoms with Gasteiger partial charge in [-0.25, -0.2) is 9.97 Å². The van der Waals surface area contributed by atoms with E-state index in [4.69, 9.17) is 4.74 Å². The number of benzene rings is 1. The monoisotopic (exact) mass is 374 g/mol. The lowest BCUT2D eigenvalue weighted by atomic mass is 10.0. The van der Waals surface area contributed by atoms with E-state index in [0.29, 0.717) is 37.5 Å². The molecule has 1 aromatic carbocycles. The summed E-state index contributed by atoms with van der Waals surface area (Å²) in [6, 6.07) is 5.75. The number of hydrogen-bond acceptors (Lipinski definition) is 6. The number of aliphatic hydroxyl groups is 1. The van der Waals surface area contributed by atoms with Crippen LogP contribution in [0.5, 0.6) is 5.75 Å². The maximum Gasteiger partial charge on any atom is 0.290 e. The number of ether oxygens (including phenoxy) is 1. The Hall–Kier alpha value is -2.32. The van der Waals surface area contributed by atoms with Crippen molar-refractivity contribution in [3.05, 3.63) is 35.0 Å². The zero-order valence-corrected chi connectivity index (χ0v) is 14.7. The van der Waals surface area contributed by atoms with E-state index in [2.05, 4.69) is 15.3 Å². The third-order valence-electron chi connectivity index (χ3n) is 5.37. The number of hydrogen-bond donors (Lipinski definition) is 2. The van der Waals surface area contributed by atoms with E-state index in [1.54, 1.807) is 4.90 Å². The van der Waals surface area contributed by atoms with E-state index in [-0.39, 0.29) is 24.5 Å². The molecule has 0 unspecified atom stereocenters. The lowest BCUT2D eigenvalue weighted by Crippen LogP contribution is -2.51. The number of nitrogens with zero attached hydrogens (tertiary/aromatic N) is 3. The number of halogens is 2. The molecule has 6 nitrogen and oxygen atoms in total. The fourth-order valence-corrected chi connectivity index (χ4v) is 3.85. The van der Waals surface area contributed by atoms with Crippen LogP contribution >= 0.6 is 0 Å². The van der Waals surface area contributed by atoms with Gasteiger partial charge in [-0.15, -0.1) is 0 Å². The molecule has 0 spiro atoms. The van der Waals surface area contributed by atoms with E-state index >= 15 is 0 Å². The first kappa shape index (κ1) is 16.8. The van der Waals surface area contributed by atoms with Gasteiger partial charge in [0, 0.05) is 49.3 Å². The van der Waals surface area contributed by atoms with E-state index in [1.807, 2.05) is 18.2 Å². The summed E-state index contributed by atoms with van der Waals surface area (Å²) >= 11 is 0. The zero-order chi connectivity index (χ0) is 18.6. The van der Waals surface area contributed by atoms with Crippen LogP contribution in [-0.4, -0.2) is 47.4 Å². The van der Waals surface area contributed by atoms with Crippen molar-refractivity contribution < 1.29 is 18.6 Å². The minimum Gasteiger partial charge on any atom is -0.492 e. The molecule has 0 bridgehead atoms. The largest absolute Gasteiger partial charge is 0.492 e. The molecule has 2 aromatic rings. The molecule has 3 aliphatic rings. The normalized spacial score (nSPS) is 21.1. The Morgan fingerprint density at radius 1 is 1.26 bits per heavy atom. The third-order valence-corrected chi connectivity index (χ3v) is 5.37. The van der Waals surface area contributed by atoms with Gasteiger partial charge in [0.2, 0.25) is 5.95 Å². The molecule has 142 valence electrons. The average Bonchev–Trinajstić information content (AvgIpc) is 2.81. The molecule has 2 N–H and O–H groups in total. The van der Waals surface area contributed by atoms with Crippen LogP contribution in [0.4, 0.5) is 14.7 Å². The molecule has 1 aliphatic carbocycles. The number of nitrogens with one attached hydrogen (secondary N) is 1. The van der Waals surface area contributed by atoms with Gasteiger partial charge < -0.3 is 20.1 Å². The van der Waals surface area contributed by atoms with E-state index in [0.717, 1.165) is 23.4 Å². The number of anilines is 1. The Labute approximate surface area is 155 Å². The Kier molecular flexibility index (Phi) is 3.80. The summed E-state index contributed by atoms with van der Waals surface area (Å²) in [5.74, 6) is -1.93. The molecule has 3 heterocycles. The van der Waals surface area contributed by atoms with Crippen molar-refractivity contribution in [1.29, 1.82) is 0 Å². The smallest absolute Gasteiger partial charge is 0.290 e. The van der Waals surface area contributed by atoms with Gasteiger partial charge in [-0.05, 0) is 12.5 Å². The van der Waals surface area contributed by atoms with Crippen molar-refractivity contribution in [1.82, 2.24) is 15.3 Å². The number of aromatic nitrogens is 2. The highest BCUT2D eigenvalue weighted by molar-refractivity contribution is 5.69. The molecule has 0 radical (unpaired) electrons. The van der Waals surface area contributed by atoms with Crippen molar-refractivity contribution in [3.8, 4) is 17.0 Å². The lowest BCUT2D eigenvalue weighted by Gasteiger charge is -2.36. The summed E-state index contributed by atoms with van der Waals surface area (Å²) in [6.45, 7) is 2.77. The minimum atomic E-state index is -2.95. The standard InChI is InChI=1S/C19H20F2N4O2/c20-19(21)4-3-14-16(23-18(24-17(14)19)25-9-13(26)10-25)11-1-2-12-8-22-5-6-27-15(12)7-11/h1-2,7,13,22,26H,3-6,8-10H2. The molecule has 1 aromatic heterocycles. The fraction of sp³-hybridized carbons (Fsp3) is 0.474. The van der Waals surface area contributed by atoms with Gasteiger partial charge in [-0.2, -0.15) is 8.78 Å². The number of fused-ring (bicyclic) bond motifs is 2. The van der Waals surface area contributed by atoms with E-state index in [1.165, 1.54) is 0 Å². The van der Waals surface area contributed by atoms with Gasteiger partial charge in [0.25, 0.3) is 5.92 Å². The van der Waals surface area contributed by atoms with Gasteiger partial charge >= 0.3 is 0 Å². The molecule has 0 saturated carbocycles. The van der Waals surface area contributed by atoms with Crippen molar-refractivity contribution in [2.24, 2.45) is 0 Å². The van der Waals surface area contributed by atoms with E-state index in [9.17, 15) is 13.9 Å². The maximum atomic E-state index is 14.4. The van der Waals surface area contributed by atoms with Crippen molar-refractivity contribution in [3.63, 3.8) is 0 Å². The molecule has 1 fully saturated rings. The van der Waals surface area contributed by atoms with Crippen LogP contribution in [0.3, 0.4) is 0 Å². The van der Waals surface area contributed by atoms with Crippen molar-refractivity contribution >= 4 is 5.95 Å². The highest BCUT2D eigenvalue weighted by atomic mass is 19.3. The summed E-state index contributed by atoms with van der Waals surface area (Å²) in [5, 5.41) is 12.8. The number of β-amino-alcohol motifs (C(OH)–C–C–N with tert-alkyl or cyclic N) is 1. The predicted molar refractivity (Wildman–Crippen MR) is 95.1 cm³/mol. The fourth-order valence-electron chi connectivity index (χ4n) is 3.85. The Bertz CT molecular complexity index is 900. The van der Waals surface area contributed by atoms with Crippen LogP contribution in [0, 0.1) is 0 Å². The topological polar surface area (TPSA) is 70.5 Å². The summed E-state index contributed by atoms with van der Waals surface area (Å²) < 4.78 is 34.6. The number of alkyl halides is 2. The van der Waals surface area contributed by atoms with Crippen LogP contribution in [0.2, 0.25) is 0 Å². The first-order valence-electron chi connectivity index (χ1n) is 9.20. The van der Waals surface area contributed by atoms with E-state index < -0.39 is 12.0 Å². The number of rotatable bonds is 2. The SMILES string of the molecule is OC1CN(c2nc(-c3ccc4c(c3)OCCNC4)c3c(n2)C(F)(F)CC3)C1. The Morgan fingerprint density at radius 3 is 2.93 bits per heavy atom. The van der Waals surface area contributed by atoms with Gasteiger partial charge in [0.05, 0.1) is 11.8 Å². The highest BCUT2D eigenvalue weighted by Gasteiger charge is 2.44. The molecular formula is C19H20F2N4O2. The van der Waals surface area contributed by atoms with Crippen LogP contribution in [0.1, 0.15) is 23.2 Å². The van der Waals surface area contributed by atoms with Crippen LogP contribution in [0.15, 0.2) is 18.2 Å². The average molecular weight is 374 g/mol. The summed E-state index contributed by atoms with van der Waals surface area (Å²) in [4.78, 5) is 10.5. The number of aliphatic hydroxyl groups excluding tert-OH is 1. The van der Waals surface area contributed by atoms with Gasteiger partial charge in [0.15, 0.2) is 0 Å². The highest BCUT2D eigenvalue weighted by Crippen LogP contribution is 2.45. The molecule has 8 heteroatoms. The molecule has 0 atom stereocenters. The second-order valence-corrected chi connectivity index (χ2v) is 7.31. The van der Waals surface area contributed by atoms with Gasteiger partial charge in [0.1, 0.15) is 18.1 Å². The second-order valence-electron chi connectivity index (χ2n) is 7.31. The second kappa shape index (κ2) is 6.10. The van der Waals surface area contributed by atoms with Crippen molar-refractivity contribution in [2.75, 3.05) is 31.1 Å². The van der Waals surface area contributed by atoms with Crippen molar-refractivity contribution in [2.45, 2.75) is 31.4 Å². The Balaban J connectivity index is 1.62. The van der Waals surface area contributed by atoms with Crippen LogP contribution in [0.25, 0.3) is 11.3 Å². The van der Waals surface area contributed by atoms with Crippen LogP contribution in [-0.2, 0) is 18.9 Å². The summed E-state index contributed by atoms with van der Waals surface area (Å²) in [7, 11) is 0. The molecule has 0 amide bonds. The lowest BCUT2D eigenvalue weighted by molar-refractivity contribution is -0.00596. The zero-order valence-electron chi connectivity index (χ0n) is 14.7. The van der Waals surface area contributed by atoms with Gasteiger partial charge in [-0.3, -0.25) is 0 Å². The molecule has 1 saturated heterocycles. The van der Waals surface area contributed by atoms with Crippen LogP contribution < -0.4 is 15.0 Å². The molecule has 2 aliphatic heterocycles. The summed E-state index contributed by atoms with van der Waals surface area (Å²) in [6.07, 6.45) is -0.458. The first-order chi connectivity index (χ1) is 13.0. The molecule has 27 heavy (non-hydrogen) atoms. The third kappa shape index (κ3) is 2.83. The van der Waals surface area contributed by atoms with Gasteiger partial charge in [-0.1, -0.05) is 12.1 Å². The molecular weight excluding hydrogens is 354 g/mol. The predicted octanol–water partition coefficient (Wildman–Crippen LogP) is 1.84. The Morgan fingerprint density at radius 2 is 2.11 bits per heavy atom.